The lowest BCUT2D eigenvalue weighted by Crippen LogP contribution is -2.16. The summed E-state index contributed by atoms with van der Waals surface area (Å²) in [6.07, 6.45) is 1.58. The minimum Gasteiger partial charge on any atom is -0.462 e. The summed E-state index contributed by atoms with van der Waals surface area (Å²) < 4.78 is 18.7. The number of rotatable bonds is 6. The number of benzene rings is 4. The van der Waals surface area contributed by atoms with Gasteiger partial charge in [0.05, 0.1) is 6.61 Å². The van der Waals surface area contributed by atoms with Crippen LogP contribution in [0, 0.1) is 17.1 Å². The number of nitrogens with zero attached hydrogens (tertiary/aromatic N) is 1. The van der Waals surface area contributed by atoms with Crippen molar-refractivity contribution in [2.75, 3.05) is 11.9 Å². The highest BCUT2D eigenvalue weighted by atomic mass is 32.1. The largest absolute Gasteiger partial charge is 0.462 e. The number of hydrogen-bond donors (Lipinski definition) is 1. The lowest BCUT2D eigenvalue weighted by Gasteiger charge is -2.10. The standard InChI is InChI=1S/C31H21FN2O3S/c1-2-37-31(36)28-27(19-11-13-23(32)14-12-19)18-38-30(28)34-29(35)22(17-33)16-26-24-9-5-3-7-20(24)15-21-8-4-6-10-25(21)26/h3-16,18H,2H2,1H3,(H,34,35)/b22-16+. The third-order valence-electron chi connectivity index (χ3n) is 6.12. The smallest absolute Gasteiger partial charge is 0.341 e. The van der Waals surface area contributed by atoms with Crippen LogP contribution in [-0.4, -0.2) is 18.5 Å². The normalized spacial score (nSPS) is 11.3. The second-order valence-corrected chi connectivity index (χ2v) is 9.32. The summed E-state index contributed by atoms with van der Waals surface area (Å²) in [4.78, 5) is 26.2. The third kappa shape index (κ3) is 4.77. The van der Waals surface area contributed by atoms with E-state index in [1.807, 2.05) is 54.6 Å². The summed E-state index contributed by atoms with van der Waals surface area (Å²) in [7, 11) is 0. The van der Waals surface area contributed by atoms with E-state index in [-0.39, 0.29) is 22.7 Å². The Morgan fingerprint density at radius 2 is 1.63 bits per heavy atom. The van der Waals surface area contributed by atoms with Gasteiger partial charge in [-0.1, -0.05) is 60.7 Å². The molecule has 0 unspecified atom stereocenters. The van der Waals surface area contributed by atoms with E-state index in [0.717, 1.165) is 38.4 Å². The maximum atomic E-state index is 13.5. The Balaban J connectivity index is 1.57. The van der Waals surface area contributed by atoms with Gasteiger partial charge >= 0.3 is 5.97 Å². The first-order chi connectivity index (χ1) is 18.5. The number of nitriles is 1. The second-order valence-electron chi connectivity index (χ2n) is 8.44. The zero-order chi connectivity index (χ0) is 26.6. The zero-order valence-electron chi connectivity index (χ0n) is 20.3. The molecule has 5 nitrogen and oxygen atoms in total. The Bertz CT molecular complexity index is 1710. The number of ether oxygens (including phenoxy) is 1. The molecule has 1 N–H and O–H groups in total. The van der Waals surface area contributed by atoms with E-state index in [1.165, 1.54) is 12.1 Å². The predicted octanol–water partition coefficient (Wildman–Crippen LogP) is 7.58. The Morgan fingerprint density at radius 1 is 1.00 bits per heavy atom. The first kappa shape index (κ1) is 24.9. The average molecular weight is 521 g/mol. The highest BCUT2D eigenvalue weighted by Gasteiger charge is 2.24. The Morgan fingerprint density at radius 3 is 2.24 bits per heavy atom. The first-order valence-corrected chi connectivity index (χ1v) is 12.8. The molecule has 0 radical (unpaired) electrons. The molecule has 1 amide bonds. The molecular weight excluding hydrogens is 499 g/mol. The van der Waals surface area contributed by atoms with Gasteiger partial charge in [0.2, 0.25) is 0 Å². The molecule has 0 aliphatic heterocycles. The third-order valence-corrected chi connectivity index (χ3v) is 7.01. The van der Waals surface area contributed by atoms with E-state index in [2.05, 4.69) is 11.4 Å². The van der Waals surface area contributed by atoms with Gasteiger partial charge in [-0.25, -0.2) is 9.18 Å². The molecule has 1 aromatic heterocycles. The number of carbonyl (C=O) groups is 2. The van der Waals surface area contributed by atoms with Crippen LogP contribution in [0.15, 0.2) is 89.8 Å². The van der Waals surface area contributed by atoms with Crippen molar-refractivity contribution in [3.05, 3.63) is 107 Å². The maximum absolute atomic E-state index is 13.5. The lowest BCUT2D eigenvalue weighted by atomic mass is 9.95. The van der Waals surface area contributed by atoms with E-state index >= 15 is 0 Å². The fourth-order valence-electron chi connectivity index (χ4n) is 4.37. The molecule has 1 heterocycles. The molecule has 0 aliphatic carbocycles. The number of esters is 1. The minimum absolute atomic E-state index is 0.113. The summed E-state index contributed by atoms with van der Waals surface area (Å²) in [5.74, 6) is -1.67. The van der Waals surface area contributed by atoms with Crippen molar-refractivity contribution in [1.29, 1.82) is 5.26 Å². The van der Waals surface area contributed by atoms with Crippen molar-refractivity contribution in [3.63, 3.8) is 0 Å². The van der Waals surface area contributed by atoms with Crippen molar-refractivity contribution in [1.82, 2.24) is 0 Å². The monoisotopic (exact) mass is 520 g/mol. The summed E-state index contributed by atoms with van der Waals surface area (Å²) in [5.41, 5.74) is 1.91. The van der Waals surface area contributed by atoms with Gasteiger partial charge in [-0.3, -0.25) is 4.79 Å². The van der Waals surface area contributed by atoms with Crippen LogP contribution in [0.2, 0.25) is 0 Å². The molecule has 0 spiro atoms. The molecule has 38 heavy (non-hydrogen) atoms. The van der Waals surface area contributed by atoms with Crippen molar-refractivity contribution in [3.8, 4) is 17.2 Å². The Kier molecular flexibility index (Phi) is 6.98. The van der Waals surface area contributed by atoms with Crippen molar-refractivity contribution in [2.45, 2.75) is 6.92 Å². The molecule has 5 aromatic rings. The minimum atomic E-state index is -0.650. The molecule has 0 fully saturated rings. The molecule has 0 saturated heterocycles. The highest BCUT2D eigenvalue weighted by molar-refractivity contribution is 7.15. The average Bonchev–Trinajstić information content (AvgIpc) is 3.35. The van der Waals surface area contributed by atoms with Crippen LogP contribution in [0.5, 0.6) is 0 Å². The van der Waals surface area contributed by atoms with Crippen LogP contribution < -0.4 is 5.32 Å². The highest BCUT2D eigenvalue weighted by Crippen LogP contribution is 2.37. The molecule has 186 valence electrons. The van der Waals surface area contributed by atoms with Gasteiger partial charge < -0.3 is 10.1 Å². The van der Waals surface area contributed by atoms with Gasteiger partial charge in [0.1, 0.15) is 28.0 Å². The summed E-state index contributed by atoms with van der Waals surface area (Å²) in [6, 6.07) is 25.4. The number of amides is 1. The fourth-order valence-corrected chi connectivity index (χ4v) is 5.32. The zero-order valence-corrected chi connectivity index (χ0v) is 21.1. The Hall–Kier alpha value is -4.80. The summed E-state index contributed by atoms with van der Waals surface area (Å²) in [6.45, 7) is 1.83. The van der Waals surface area contributed by atoms with Gasteiger partial charge in [0.25, 0.3) is 5.91 Å². The second kappa shape index (κ2) is 10.7. The Labute approximate surface area is 222 Å². The predicted molar refractivity (Wildman–Crippen MR) is 149 cm³/mol. The van der Waals surface area contributed by atoms with Crippen LogP contribution in [0.3, 0.4) is 0 Å². The molecule has 0 bridgehead atoms. The molecule has 0 saturated carbocycles. The quantitative estimate of drug-likeness (QED) is 0.108. The van der Waals surface area contributed by atoms with Crippen LogP contribution in [0.25, 0.3) is 38.7 Å². The first-order valence-electron chi connectivity index (χ1n) is 11.9. The lowest BCUT2D eigenvalue weighted by molar-refractivity contribution is -0.112. The molecule has 0 atom stereocenters. The van der Waals surface area contributed by atoms with Crippen LogP contribution in [0.4, 0.5) is 9.39 Å². The number of hydrogen-bond acceptors (Lipinski definition) is 5. The maximum Gasteiger partial charge on any atom is 0.341 e. The van der Waals surface area contributed by atoms with E-state index in [9.17, 15) is 19.2 Å². The SMILES string of the molecule is CCOC(=O)c1c(-c2ccc(F)cc2)csc1NC(=O)/C(C#N)=C/c1c2ccccc2cc2ccccc12. The number of fused-ring (bicyclic) bond motifs is 2. The van der Waals surface area contributed by atoms with Crippen molar-refractivity contribution >= 4 is 55.8 Å². The summed E-state index contributed by atoms with van der Waals surface area (Å²) in [5, 5.41) is 18.4. The summed E-state index contributed by atoms with van der Waals surface area (Å²) >= 11 is 1.13. The van der Waals surface area contributed by atoms with Crippen LogP contribution in [0.1, 0.15) is 22.8 Å². The van der Waals surface area contributed by atoms with Crippen molar-refractivity contribution in [2.24, 2.45) is 0 Å². The topological polar surface area (TPSA) is 79.2 Å². The molecule has 0 aliphatic rings. The van der Waals surface area contributed by atoms with Gasteiger partial charge in [-0.15, -0.1) is 11.3 Å². The molecule has 5 rings (SSSR count). The van der Waals surface area contributed by atoms with E-state index in [4.69, 9.17) is 4.74 Å². The van der Waals surface area contributed by atoms with Gasteiger partial charge in [-0.05, 0) is 63.9 Å². The van der Waals surface area contributed by atoms with Gasteiger partial charge in [0.15, 0.2) is 0 Å². The number of thiophene rings is 1. The van der Waals surface area contributed by atoms with Crippen LogP contribution >= 0.6 is 11.3 Å². The number of nitrogens with one attached hydrogen (secondary N) is 1. The van der Waals surface area contributed by atoms with E-state index in [1.54, 1.807) is 30.5 Å². The fraction of sp³-hybridized carbons (Fsp3) is 0.0645. The molecule has 4 aromatic carbocycles. The van der Waals surface area contributed by atoms with Crippen LogP contribution in [-0.2, 0) is 9.53 Å². The number of anilines is 1. The van der Waals surface area contributed by atoms with E-state index in [0.29, 0.717) is 11.1 Å². The van der Waals surface area contributed by atoms with Crippen molar-refractivity contribution < 1.29 is 18.7 Å². The van der Waals surface area contributed by atoms with E-state index < -0.39 is 17.7 Å². The molecular formula is C31H21FN2O3S. The number of halogens is 1. The molecule has 7 heteroatoms. The van der Waals surface area contributed by atoms with Gasteiger partial charge in [0, 0.05) is 10.9 Å². The number of carbonyl (C=O) groups excluding carboxylic acids is 2. The van der Waals surface area contributed by atoms with Gasteiger partial charge in [-0.2, -0.15) is 5.26 Å².